The second-order valence-corrected chi connectivity index (χ2v) is 8.72. The maximum Gasteiger partial charge on any atom is 0.410 e. The molecule has 1 aliphatic carbocycles. The highest BCUT2D eigenvalue weighted by molar-refractivity contribution is 6.30. The number of aryl methyl sites for hydroxylation is 1. The normalized spacial score (nSPS) is 13.2. The lowest BCUT2D eigenvalue weighted by molar-refractivity contribution is -0.142. The number of rotatable bonds is 8. The van der Waals surface area contributed by atoms with Crippen LogP contribution in [0.5, 0.6) is 0 Å². The number of carboxylic acid groups (broad SMARTS) is 1. The summed E-state index contributed by atoms with van der Waals surface area (Å²) in [7, 11) is 1.49. The van der Waals surface area contributed by atoms with Crippen LogP contribution in [-0.4, -0.2) is 41.8 Å². The van der Waals surface area contributed by atoms with Gasteiger partial charge in [0.15, 0.2) is 0 Å². The second kappa shape index (κ2) is 10.1. The summed E-state index contributed by atoms with van der Waals surface area (Å²) in [5, 5.41) is 10.4. The lowest BCUT2D eigenvalue weighted by Gasteiger charge is -2.25. The highest BCUT2D eigenvalue weighted by Gasteiger charge is 2.31. The summed E-state index contributed by atoms with van der Waals surface area (Å²) in [4.78, 5) is 25.8. The standard InChI is InChI=1S/C27H26ClNO4/c1-29(25(26(30)31)12-6-7-18-13-15-19(28)16-14-18)27(32)33-17-24-22-10-4-2-8-20(22)21-9-3-5-11-23(21)24/h2-5,8-11,13-16,24-25H,6-7,12,17H2,1H3,(H,30,31)/t25-/m0/s1. The van der Waals surface area contributed by atoms with Crippen LogP contribution in [0.25, 0.3) is 11.1 Å². The zero-order chi connectivity index (χ0) is 23.4. The Bertz CT molecular complexity index is 1100. The molecule has 0 unspecified atom stereocenters. The van der Waals surface area contributed by atoms with Gasteiger partial charge in [-0.3, -0.25) is 4.90 Å². The number of benzene rings is 3. The van der Waals surface area contributed by atoms with Crippen LogP contribution in [0.4, 0.5) is 4.79 Å². The van der Waals surface area contributed by atoms with Gasteiger partial charge in [0.05, 0.1) is 0 Å². The van der Waals surface area contributed by atoms with Crippen LogP contribution in [0, 0.1) is 0 Å². The Hall–Kier alpha value is -3.31. The Kier molecular flexibility index (Phi) is 6.99. The lowest BCUT2D eigenvalue weighted by atomic mass is 9.98. The number of halogens is 1. The average molecular weight is 464 g/mol. The van der Waals surface area contributed by atoms with Gasteiger partial charge in [-0.25, -0.2) is 9.59 Å². The highest BCUT2D eigenvalue weighted by atomic mass is 35.5. The summed E-state index contributed by atoms with van der Waals surface area (Å²) >= 11 is 5.91. The summed E-state index contributed by atoms with van der Waals surface area (Å²) in [5.74, 6) is -1.11. The molecule has 0 spiro atoms. The van der Waals surface area contributed by atoms with E-state index in [2.05, 4.69) is 12.1 Å². The van der Waals surface area contributed by atoms with Gasteiger partial charge in [0.25, 0.3) is 0 Å². The maximum atomic E-state index is 12.8. The number of nitrogens with zero attached hydrogens (tertiary/aromatic N) is 1. The van der Waals surface area contributed by atoms with Gasteiger partial charge in [-0.2, -0.15) is 0 Å². The lowest BCUT2D eigenvalue weighted by Crippen LogP contribution is -2.43. The van der Waals surface area contributed by atoms with Crippen LogP contribution in [0.2, 0.25) is 5.02 Å². The predicted molar refractivity (Wildman–Crippen MR) is 129 cm³/mol. The molecule has 1 amide bonds. The molecular weight excluding hydrogens is 438 g/mol. The van der Waals surface area contributed by atoms with Crippen LogP contribution in [0.3, 0.4) is 0 Å². The molecule has 170 valence electrons. The van der Waals surface area contributed by atoms with Crippen LogP contribution in [0.1, 0.15) is 35.4 Å². The first-order valence-corrected chi connectivity index (χ1v) is 11.4. The fourth-order valence-electron chi connectivity index (χ4n) is 4.46. The third-order valence-electron chi connectivity index (χ3n) is 6.23. The van der Waals surface area contributed by atoms with E-state index in [0.717, 1.165) is 27.8 Å². The number of fused-ring (bicyclic) bond motifs is 3. The van der Waals surface area contributed by atoms with E-state index >= 15 is 0 Å². The molecule has 1 N–H and O–H groups in total. The van der Waals surface area contributed by atoms with Gasteiger partial charge in [0, 0.05) is 18.0 Å². The second-order valence-electron chi connectivity index (χ2n) is 8.29. The molecule has 33 heavy (non-hydrogen) atoms. The summed E-state index contributed by atoms with van der Waals surface area (Å²) in [5.41, 5.74) is 5.60. The SMILES string of the molecule is CN(C(=O)OCC1c2ccccc2-c2ccccc21)[C@@H](CCCc1ccc(Cl)cc1)C(=O)O. The van der Waals surface area contributed by atoms with Crippen molar-refractivity contribution in [2.45, 2.75) is 31.2 Å². The van der Waals surface area contributed by atoms with Gasteiger partial charge in [-0.15, -0.1) is 0 Å². The predicted octanol–water partition coefficient (Wildman–Crippen LogP) is 6.00. The minimum Gasteiger partial charge on any atom is -0.480 e. The minimum absolute atomic E-state index is 0.0667. The van der Waals surface area contributed by atoms with E-state index in [1.807, 2.05) is 60.7 Å². The molecule has 0 saturated carbocycles. The van der Waals surface area contributed by atoms with Crippen molar-refractivity contribution < 1.29 is 19.4 Å². The summed E-state index contributed by atoms with van der Waals surface area (Å²) in [6.45, 7) is 0.161. The Morgan fingerprint density at radius 1 is 0.970 bits per heavy atom. The van der Waals surface area contributed by atoms with E-state index in [9.17, 15) is 14.7 Å². The number of carbonyl (C=O) groups is 2. The van der Waals surface area contributed by atoms with Crippen molar-refractivity contribution in [3.05, 3.63) is 94.5 Å². The molecule has 1 aliphatic rings. The zero-order valence-electron chi connectivity index (χ0n) is 18.4. The fourth-order valence-corrected chi connectivity index (χ4v) is 4.58. The van der Waals surface area contributed by atoms with Gasteiger partial charge >= 0.3 is 12.1 Å². The van der Waals surface area contributed by atoms with Crippen LogP contribution in [-0.2, 0) is 16.0 Å². The van der Waals surface area contributed by atoms with E-state index in [-0.39, 0.29) is 12.5 Å². The summed E-state index contributed by atoms with van der Waals surface area (Å²) in [6, 6.07) is 22.7. The fraction of sp³-hybridized carbons (Fsp3) is 0.259. The molecule has 1 atom stereocenters. The van der Waals surface area contributed by atoms with Crippen molar-refractivity contribution in [2.24, 2.45) is 0 Å². The smallest absolute Gasteiger partial charge is 0.410 e. The topological polar surface area (TPSA) is 66.8 Å². The van der Waals surface area contributed by atoms with Crippen LogP contribution < -0.4 is 0 Å². The van der Waals surface area contributed by atoms with E-state index in [0.29, 0.717) is 24.3 Å². The number of aliphatic carboxylic acids is 1. The van der Waals surface area contributed by atoms with Crippen molar-refractivity contribution in [3.63, 3.8) is 0 Å². The number of ether oxygens (including phenoxy) is 1. The molecule has 5 nitrogen and oxygen atoms in total. The number of hydrogen-bond acceptors (Lipinski definition) is 3. The molecule has 0 heterocycles. The average Bonchev–Trinajstić information content (AvgIpc) is 3.14. The number of hydrogen-bond donors (Lipinski definition) is 1. The molecule has 6 heteroatoms. The van der Waals surface area contributed by atoms with Gasteiger partial charge in [-0.1, -0.05) is 72.3 Å². The molecule has 0 aliphatic heterocycles. The number of amides is 1. The maximum absolute atomic E-state index is 12.8. The molecule has 3 aromatic rings. The summed E-state index contributed by atoms with van der Waals surface area (Å²) < 4.78 is 5.62. The zero-order valence-corrected chi connectivity index (χ0v) is 19.2. The first kappa shape index (κ1) is 22.9. The minimum atomic E-state index is -1.04. The van der Waals surface area contributed by atoms with Crippen LogP contribution in [0.15, 0.2) is 72.8 Å². The van der Waals surface area contributed by atoms with Gasteiger partial charge in [0.2, 0.25) is 0 Å². The Morgan fingerprint density at radius 3 is 2.12 bits per heavy atom. The van der Waals surface area contributed by atoms with Gasteiger partial charge < -0.3 is 9.84 Å². The van der Waals surface area contributed by atoms with Gasteiger partial charge in [-0.05, 0) is 59.2 Å². The molecule has 0 fully saturated rings. The molecule has 0 bridgehead atoms. The van der Waals surface area contributed by atoms with E-state index in [1.165, 1.54) is 11.9 Å². The first-order valence-electron chi connectivity index (χ1n) is 11.0. The third-order valence-corrected chi connectivity index (χ3v) is 6.48. The quantitative estimate of drug-likeness (QED) is 0.445. The number of carbonyl (C=O) groups excluding carboxylic acids is 1. The molecule has 4 rings (SSSR count). The molecular formula is C27H26ClNO4. The number of likely N-dealkylation sites (N-methyl/N-ethyl adjacent to an activating group) is 1. The van der Waals surface area contributed by atoms with E-state index in [4.69, 9.17) is 16.3 Å². The molecule has 3 aromatic carbocycles. The summed E-state index contributed by atoms with van der Waals surface area (Å²) in [6.07, 6.45) is 1.04. The largest absolute Gasteiger partial charge is 0.480 e. The van der Waals surface area contributed by atoms with Crippen molar-refractivity contribution in [2.75, 3.05) is 13.7 Å². The molecule has 0 aromatic heterocycles. The van der Waals surface area contributed by atoms with Crippen molar-refractivity contribution in [1.29, 1.82) is 0 Å². The van der Waals surface area contributed by atoms with Crippen molar-refractivity contribution in [1.82, 2.24) is 4.90 Å². The highest BCUT2D eigenvalue weighted by Crippen LogP contribution is 2.44. The van der Waals surface area contributed by atoms with E-state index < -0.39 is 18.1 Å². The van der Waals surface area contributed by atoms with Crippen molar-refractivity contribution >= 4 is 23.7 Å². The third kappa shape index (κ3) is 5.04. The molecule has 0 saturated heterocycles. The number of carboxylic acids is 1. The Labute approximate surface area is 198 Å². The van der Waals surface area contributed by atoms with E-state index in [1.54, 1.807) is 0 Å². The molecule has 0 radical (unpaired) electrons. The Balaban J connectivity index is 1.38. The first-order chi connectivity index (χ1) is 16.0. The van der Waals surface area contributed by atoms with Crippen molar-refractivity contribution in [3.8, 4) is 11.1 Å². The van der Waals surface area contributed by atoms with Gasteiger partial charge in [0.1, 0.15) is 12.6 Å². The van der Waals surface area contributed by atoms with Crippen LogP contribution >= 0.6 is 11.6 Å². The monoisotopic (exact) mass is 463 g/mol. The Morgan fingerprint density at radius 2 is 1.55 bits per heavy atom.